The molecule has 0 aromatic heterocycles. The van der Waals surface area contributed by atoms with E-state index < -0.39 is 4.92 Å². The predicted molar refractivity (Wildman–Crippen MR) is 88.7 cm³/mol. The lowest BCUT2D eigenvalue weighted by Gasteiger charge is -2.35. The lowest BCUT2D eigenvalue weighted by atomic mass is 9.98. The highest BCUT2D eigenvalue weighted by molar-refractivity contribution is 5.96. The zero-order chi connectivity index (χ0) is 16.4. The first kappa shape index (κ1) is 15.8. The minimum absolute atomic E-state index is 0.00666. The van der Waals surface area contributed by atoms with Gasteiger partial charge in [-0.25, -0.2) is 0 Å². The van der Waals surface area contributed by atoms with Crippen LogP contribution < -0.4 is 5.32 Å². The molecule has 2 aliphatic rings. The summed E-state index contributed by atoms with van der Waals surface area (Å²) in [6.07, 6.45) is 6.19. The van der Waals surface area contributed by atoms with Crippen molar-refractivity contribution in [2.75, 3.05) is 11.9 Å². The number of benzene rings is 1. The SMILES string of the molecule is CCC1CCCCN1C(=O)c1ccc(NC2CC2)c([N+](=O)[O-])c1. The molecule has 0 spiro atoms. The van der Waals surface area contributed by atoms with E-state index in [1.54, 1.807) is 12.1 Å². The topological polar surface area (TPSA) is 75.5 Å². The molecule has 1 amide bonds. The number of piperidine rings is 1. The van der Waals surface area contributed by atoms with Crippen molar-refractivity contribution < 1.29 is 9.72 Å². The van der Waals surface area contributed by atoms with E-state index in [0.29, 0.717) is 17.3 Å². The zero-order valence-corrected chi connectivity index (χ0v) is 13.5. The summed E-state index contributed by atoms with van der Waals surface area (Å²) >= 11 is 0. The molecule has 1 aliphatic heterocycles. The van der Waals surface area contributed by atoms with Gasteiger partial charge in [-0.2, -0.15) is 0 Å². The van der Waals surface area contributed by atoms with E-state index in [-0.39, 0.29) is 17.6 Å². The summed E-state index contributed by atoms with van der Waals surface area (Å²) in [6, 6.07) is 5.39. The Bertz CT molecular complexity index is 613. The highest BCUT2D eigenvalue weighted by Crippen LogP contribution is 2.32. The molecular formula is C17H23N3O3. The fraction of sp³-hybridized carbons (Fsp3) is 0.588. The molecule has 0 radical (unpaired) electrons. The maximum atomic E-state index is 12.8. The molecular weight excluding hydrogens is 294 g/mol. The standard InChI is InChI=1S/C17H23N3O3/c1-2-14-5-3-4-10-19(14)17(21)12-6-9-15(18-13-7-8-13)16(11-12)20(22)23/h6,9,11,13-14,18H,2-5,7-8,10H2,1H3. The number of nitro groups is 1. The number of nitrogens with one attached hydrogen (secondary N) is 1. The minimum Gasteiger partial charge on any atom is -0.377 e. The third-order valence-corrected chi connectivity index (χ3v) is 4.74. The van der Waals surface area contributed by atoms with Crippen LogP contribution in [-0.4, -0.2) is 34.4 Å². The number of nitro benzene ring substituents is 1. The van der Waals surface area contributed by atoms with E-state index in [9.17, 15) is 14.9 Å². The Morgan fingerprint density at radius 3 is 2.78 bits per heavy atom. The average molecular weight is 317 g/mol. The van der Waals surface area contributed by atoms with E-state index in [1.807, 2.05) is 4.90 Å². The Morgan fingerprint density at radius 2 is 2.13 bits per heavy atom. The average Bonchev–Trinajstić information content (AvgIpc) is 3.38. The molecule has 2 fully saturated rings. The first-order valence-corrected chi connectivity index (χ1v) is 8.46. The number of carbonyl (C=O) groups is 1. The lowest BCUT2D eigenvalue weighted by Crippen LogP contribution is -2.43. The maximum absolute atomic E-state index is 12.8. The molecule has 124 valence electrons. The highest BCUT2D eigenvalue weighted by atomic mass is 16.6. The van der Waals surface area contributed by atoms with E-state index in [1.165, 1.54) is 6.07 Å². The van der Waals surface area contributed by atoms with Crippen molar-refractivity contribution in [2.24, 2.45) is 0 Å². The second kappa shape index (κ2) is 6.56. The molecule has 1 unspecified atom stereocenters. The Hall–Kier alpha value is -2.11. The molecule has 6 nitrogen and oxygen atoms in total. The summed E-state index contributed by atoms with van der Waals surface area (Å²) in [4.78, 5) is 25.6. The number of hydrogen-bond donors (Lipinski definition) is 1. The molecule has 0 bridgehead atoms. The summed E-state index contributed by atoms with van der Waals surface area (Å²) in [7, 11) is 0. The van der Waals surface area contributed by atoms with Gasteiger partial charge < -0.3 is 10.2 Å². The van der Waals surface area contributed by atoms with Crippen LogP contribution in [0.1, 0.15) is 55.8 Å². The summed E-state index contributed by atoms with van der Waals surface area (Å²) in [5.74, 6) is -0.0855. The molecule has 6 heteroatoms. The van der Waals surface area contributed by atoms with Crippen LogP contribution in [0.5, 0.6) is 0 Å². The van der Waals surface area contributed by atoms with Crippen molar-refractivity contribution in [3.8, 4) is 0 Å². The van der Waals surface area contributed by atoms with Gasteiger partial charge in [-0.15, -0.1) is 0 Å². The zero-order valence-electron chi connectivity index (χ0n) is 13.5. The van der Waals surface area contributed by atoms with Gasteiger partial charge in [0.1, 0.15) is 5.69 Å². The van der Waals surface area contributed by atoms with Crippen LogP contribution in [0.3, 0.4) is 0 Å². The van der Waals surface area contributed by atoms with Crippen LogP contribution in [0.15, 0.2) is 18.2 Å². The third kappa shape index (κ3) is 3.46. The molecule has 1 aromatic carbocycles. The van der Waals surface area contributed by atoms with Crippen LogP contribution in [-0.2, 0) is 0 Å². The van der Waals surface area contributed by atoms with Crippen molar-refractivity contribution in [1.82, 2.24) is 4.90 Å². The highest BCUT2D eigenvalue weighted by Gasteiger charge is 2.29. The third-order valence-electron chi connectivity index (χ3n) is 4.74. The quantitative estimate of drug-likeness (QED) is 0.665. The van der Waals surface area contributed by atoms with Crippen LogP contribution in [0.4, 0.5) is 11.4 Å². The van der Waals surface area contributed by atoms with E-state index in [2.05, 4.69) is 12.2 Å². The molecule has 1 heterocycles. The molecule has 1 aliphatic carbocycles. The second-order valence-electron chi connectivity index (χ2n) is 6.46. The number of hydrogen-bond acceptors (Lipinski definition) is 4. The molecule has 1 atom stereocenters. The molecule has 1 N–H and O–H groups in total. The first-order chi connectivity index (χ1) is 11.1. The van der Waals surface area contributed by atoms with Crippen LogP contribution >= 0.6 is 0 Å². The number of rotatable bonds is 5. The van der Waals surface area contributed by atoms with Gasteiger partial charge in [0.05, 0.1) is 4.92 Å². The number of carbonyl (C=O) groups excluding carboxylic acids is 1. The smallest absolute Gasteiger partial charge is 0.293 e. The van der Waals surface area contributed by atoms with Crippen molar-refractivity contribution in [3.05, 3.63) is 33.9 Å². The largest absolute Gasteiger partial charge is 0.377 e. The van der Waals surface area contributed by atoms with Gasteiger partial charge >= 0.3 is 0 Å². The molecule has 1 saturated carbocycles. The summed E-state index contributed by atoms with van der Waals surface area (Å²) in [6.45, 7) is 2.83. The Kier molecular flexibility index (Phi) is 4.50. The van der Waals surface area contributed by atoms with Crippen LogP contribution in [0.2, 0.25) is 0 Å². The monoisotopic (exact) mass is 317 g/mol. The Labute approximate surface area is 136 Å². The lowest BCUT2D eigenvalue weighted by molar-refractivity contribution is -0.384. The van der Waals surface area contributed by atoms with Crippen molar-refractivity contribution in [1.29, 1.82) is 0 Å². The van der Waals surface area contributed by atoms with Crippen molar-refractivity contribution in [2.45, 2.75) is 57.5 Å². The summed E-state index contributed by atoms with van der Waals surface area (Å²) < 4.78 is 0. The van der Waals surface area contributed by atoms with E-state index >= 15 is 0 Å². The first-order valence-electron chi connectivity index (χ1n) is 8.46. The predicted octanol–water partition coefficient (Wildman–Crippen LogP) is 3.57. The second-order valence-corrected chi connectivity index (χ2v) is 6.46. The molecule has 1 aromatic rings. The van der Waals surface area contributed by atoms with Gasteiger partial charge in [0.2, 0.25) is 0 Å². The Morgan fingerprint density at radius 1 is 1.35 bits per heavy atom. The van der Waals surface area contributed by atoms with E-state index in [4.69, 9.17) is 0 Å². The minimum atomic E-state index is -0.408. The van der Waals surface area contributed by atoms with Gasteiger partial charge in [-0.05, 0) is 50.7 Å². The fourth-order valence-corrected chi connectivity index (χ4v) is 3.24. The van der Waals surface area contributed by atoms with E-state index in [0.717, 1.165) is 45.1 Å². The normalized spacial score (nSPS) is 21.1. The Balaban J connectivity index is 1.84. The van der Waals surface area contributed by atoms with Crippen molar-refractivity contribution >= 4 is 17.3 Å². The van der Waals surface area contributed by atoms with Gasteiger partial charge in [0.25, 0.3) is 11.6 Å². The number of likely N-dealkylation sites (tertiary alicyclic amines) is 1. The summed E-state index contributed by atoms with van der Waals surface area (Å²) in [5.41, 5.74) is 0.922. The summed E-state index contributed by atoms with van der Waals surface area (Å²) in [5, 5.41) is 14.5. The van der Waals surface area contributed by atoms with Crippen LogP contribution in [0, 0.1) is 10.1 Å². The van der Waals surface area contributed by atoms with Gasteiger partial charge in [0.15, 0.2) is 0 Å². The molecule has 23 heavy (non-hydrogen) atoms. The van der Waals surface area contributed by atoms with Gasteiger partial charge in [-0.3, -0.25) is 14.9 Å². The number of nitrogens with zero attached hydrogens (tertiary/aromatic N) is 2. The number of anilines is 1. The fourth-order valence-electron chi connectivity index (χ4n) is 3.24. The van der Waals surface area contributed by atoms with Gasteiger partial charge in [0, 0.05) is 30.3 Å². The van der Waals surface area contributed by atoms with Crippen molar-refractivity contribution in [3.63, 3.8) is 0 Å². The van der Waals surface area contributed by atoms with Gasteiger partial charge in [-0.1, -0.05) is 6.92 Å². The molecule has 3 rings (SSSR count). The number of amides is 1. The van der Waals surface area contributed by atoms with Crippen LogP contribution in [0.25, 0.3) is 0 Å². The molecule has 1 saturated heterocycles. The maximum Gasteiger partial charge on any atom is 0.293 e.